The first-order chi connectivity index (χ1) is 25.8. The molecule has 9 rings (SSSR count). The molecule has 0 unspecified atom stereocenters. The summed E-state index contributed by atoms with van der Waals surface area (Å²) >= 11 is 0. The van der Waals surface area contributed by atoms with Gasteiger partial charge >= 0.3 is 0 Å². The quantitative estimate of drug-likeness (QED) is 0.157. The largest absolute Gasteiger partial charge is 0.341 e. The third kappa shape index (κ3) is 5.65. The van der Waals surface area contributed by atoms with Crippen molar-refractivity contribution >= 4 is 38.9 Å². The first-order valence-corrected chi connectivity index (χ1v) is 18.1. The number of hydrogen-bond acceptors (Lipinski definition) is 1. The van der Waals surface area contributed by atoms with Gasteiger partial charge in [-0.1, -0.05) is 158 Å². The van der Waals surface area contributed by atoms with E-state index >= 15 is 0 Å². The lowest BCUT2D eigenvalue weighted by Gasteiger charge is -2.28. The Kier molecular flexibility index (Phi) is 8.19. The number of aromatic nitrogens is 1. The van der Waals surface area contributed by atoms with E-state index in [0.717, 1.165) is 23.6 Å². The minimum absolute atomic E-state index is 0.921. The predicted molar refractivity (Wildman–Crippen MR) is 222 cm³/mol. The van der Waals surface area contributed by atoms with E-state index in [2.05, 4.69) is 217 Å². The molecule has 52 heavy (non-hydrogen) atoms. The van der Waals surface area contributed by atoms with E-state index < -0.39 is 0 Å². The molecule has 0 saturated carbocycles. The van der Waals surface area contributed by atoms with Crippen LogP contribution in [-0.2, 0) is 6.54 Å². The maximum Gasteiger partial charge on any atom is 0.0540 e. The highest BCUT2D eigenvalue weighted by Gasteiger charge is 2.19. The maximum atomic E-state index is 2.43. The van der Waals surface area contributed by atoms with Gasteiger partial charge in [0.2, 0.25) is 0 Å². The zero-order valence-corrected chi connectivity index (χ0v) is 29.2. The molecule has 2 nitrogen and oxygen atoms in total. The van der Waals surface area contributed by atoms with E-state index in [9.17, 15) is 0 Å². The lowest BCUT2D eigenvalue weighted by atomic mass is 9.97. The summed E-state index contributed by atoms with van der Waals surface area (Å²) < 4.78 is 2.43. The van der Waals surface area contributed by atoms with Gasteiger partial charge in [-0.25, -0.2) is 0 Å². The molecular formula is C50H38N2. The number of benzene rings is 8. The summed E-state index contributed by atoms with van der Waals surface area (Å²) in [5, 5.41) is 2.59. The van der Waals surface area contributed by atoms with Crippen LogP contribution in [0.3, 0.4) is 0 Å². The van der Waals surface area contributed by atoms with Crippen molar-refractivity contribution in [3.63, 3.8) is 0 Å². The molecule has 9 aromatic rings. The normalized spacial score (nSPS) is 11.2. The Hall–Kier alpha value is -6.64. The minimum Gasteiger partial charge on any atom is -0.341 e. The minimum atomic E-state index is 0.921. The van der Waals surface area contributed by atoms with Gasteiger partial charge in [0.15, 0.2) is 0 Å². The van der Waals surface area contributed by atoms with Crippen LogP contribution in [0.5, 0.6) is 0 Å². The van der Waals surface area contributed by atoms with E-state index in [1.807, 2.05) is 0 Å². The van der Waals surface area contributed by atoms with Crippen molar-refractivity contribution in [2.24, 2.45) is 0 Å². The molecule has 2 heteroatoms. The molecule has 1 aromatic heterocycles. The summed E-state index contributed by atoms with van der Waals surface area (Å²) in [6, 6.07) is 72.4. The molecule has 0 aliphatic rings. The zero-order chi connectivity index (χ0) is 34.9. The molecule has 0 bridgehead atoms. The fourth-order valence-corrected chi connectivity index (χ4v) is 7.74. The molecule has 0 fully saturated rings. The summed E-state index contributed by atoms with van der Waals surface area (Å²) in [7, 11) is 0. The van der Waals surface area contributed by atoms with Crippen LogP contribution in [0.1, 0.15) is 6.92 Å². The Morgan fingerprint density at radius 1 is 0.385 bits per heavy atom. The van der Waals surface area contributed by atoms with E-state index in [4.69, 9.17) is 0 Å². The molecule has 0 atom stereocenters. The van der Waals surface area contributed by atoms with Crippen LogP contribution in [0.4, 0.5) is 17.1 Å². The van der Waals surface area contributed by atoms with Crippen LogP contribution in [0.25, 0.3) is 66.3 Å². The molecule has 8 aromatic carbocycles. The second-order valence-electron chi connectivity index (χ2n) is 13.2. The molecular weight excluding hydrogens is 629 g/mol. The van der Waals surface area contributed by atoms with E-state index in [1.54, 1.807) is 0 Å². The number of rotatable bonds is 8. The molecule has 0 aliphatic heterocycles. The zero-order valence-electron chi connectivity index (χ0n) is 29.2. The predicted octanol–water partition coefficient (Wildman–Crippen LogP) is 14.0. The molecule has 248 valence electrons. The van der Waals surface area contributed by atoms with E-state index in [1.165, 1.54) is 66.3 Å². The summed E-state index contributed by atoms with van der Waals surface area (Å²) in [4.78, 5) is 2.41. The number of aryl methyl sites for hydroxylation is 1. The molecule has 0 saturated heterocycles. The average Bonchev–Trinajstić information content (AvgIpc) is 3.56. The Balaban J connectivity index is 1.17. The summed E-state index contributed by atoms with van der Waals surface area (Å²) in [6.45, 7) is 3.15. The van der Waals surface area contributed by atoms with Gasteiger partial charge in [-0.3, -0.25) is 0 Å². The number of nitrogens with zero attached hydrogens (tertiary/aromatic N) is 2. The second-order valence-corrected chi connectivity index (χ2v) is 13.2. The summed E-state index contributed by atoms with van der Waals surface area (Å²) in [5.74, 6) is 0. The molecule has 1 heterocycles. The third-order valence-electron chi connectivity index (χ3n) is 10.2. The lowest BCUT2D eigenvalue weighted by Crippen LogP contribution is -2.11. The smallest absolute Gasteiger partial charge is 0.0540 e. The monoisotopic (exact) mass is 666 g/mol. The van der Waals surface area contributed by atoms with E-state index in [-0.39, 0.29) is 0 Å². The molecule has 0 spiro atoms. The first kappa shape index (κ1) is 31.3. The Labute approximate surface area is 305 Å². The van der Waals surface area contributed by atoms with Crippen molar-refractivity contribution in [3.05, 3.63) is 200 Å². The Morgan fingerprint density at radius 2 is 0.904 bits per heavy atom. The molecule has 0 radical (unpaired) electrons. The fourth-order valence-electron chi connectivity index (χ4n) is 7.74. The van der Waals surface area contributed by atoms with Crippen LogP contribution in [0.2, 0.25) is 0 Å². The topological polar surface area (TPSA) is 8.17 Å². The van der Waals surface area contributed by atoms with Gasteiger partial charge in [-0.05, 0) is 88.3 Å². The number of anilines is 3. The summed E-state index contributed by atoms with van der Waals surface area (Å²) in [5.41, 5.74) is 15.5. The van der Waals surface area contributed by atoms with Gasteiger partial charge in [-0.2, -0.15) is 0 Å². The van der Waals surface area contributed by atoms with Gasteiger partial charge in [0.25, 0.3) is 0 Å². The Morgan fingerprint density at radius 3 is 1.62 bits per heavy atom. The first-order valence-electron chi connectivity index (χ1n) is 18.1. The van der Waals surface area contributed by atoms with Gasteiger partial charge in [0.1, 0.15) is 0 Å². The second kappa shape index (κ2) is 13.6. The molecule has 0 amide bonds. The Bertz CT molecular complexity index is 2630. The van der Waals surface area contributed by atoms with Crippen LogP contribution in [0, 0.1) is 0 Å². The van der Waals surface area contributed by atoms with Crippen molar-refractivity contribution in [1.29, 1.82) is 0 Å². The van der Waals surface area contributed by atoms with Crippen molar-refractivity contribution in [2.75, 3.05) is 4.90 Å². The number of hydrogen-bond donors (Lipinski definition) is 0. The van der Waals surface area contributed by atoms with Gasteiger partial charge in [0.05, 0.1) is 5.69 Å². The van der Waals surface area contributed by atoms with Crippen molar-refractivity contribution in [2.45, 2.75) is 13.5 Å². The highest BCUT2D eigenvalue weighted by Crippen LogP contribution is 2.44. The van der Waals surface area contributed by atoms with Crippen LogP contribution < -0.4 is 4.90 Å². The molecule has 0 N–H and O–H groups in total. The van der Waals surface area contributed by atoms with Crippen molar-refractivity contribution in [3.8, 4) is 44.5 Å². The van der Waals surface area contributed by atoms with Crippen molar-refractivity contribution < 1.29 is 0 Å². The van der Waals surface area contributed by atoms with Crippen molar-refractivity contribution in [1.82, 2.24) is 4.57 Å². The molecule has 0 aliphatic carbocycles. The third-order valence-corrected chi connectivity index (χ3v) is 10.2. The van der Waals surface area contributed by atoms with Crippen LogP contribution in [0.15, 0.2) is 200 Å². The standard InChI is InChI=1S/C50H38N2/c1-2-51-47-24-11-10-22-46(47)50-45(23-14-26-49(50)51)41-19-13-20-43(35-41)52(48-25-12-9-21-44(48)40-17-7-4-8-18-40)42-33-31-39(32-34-42)38-29-27-37(28-30-38)36-15-5-3-6-16-36/h3-35H,2H2,1H3. The summed E-state index contributed by atoms with van der Waals surface area (Å²) in [6.07, 6.45) is 0. The SMILES string of the molecule is CCn1c2ccccc2c2c(-c3cccc(N(c4ccc(-c5ccc(-c6ccccc6)cc5)cc4)c4ccccc4-c4ccccc4)c3)cccc21. The van der Waals surface area contributed by atoms with Crippen LogP contribution >= 0.6 is 0 Å². The fraction of sp³-hybridized carbons (Fsp3) is 0.0400. The van der Waals surface area contributed by atoms with Gasteiger partial charge < -0.3 is 9.47 Å². The maximum absolute atomic E-state index is 2.43. The van der Waals surface area contributed by atoms with Crippen LogP contribution in [-0.4, -0.2) is 4.57 Å². The average molecular weight is 667 g/mol. The van der Waals surface area contributed by atoms with Gasteiger partial charge in [-0.15, -0.1) is 0 Å². The highest BCUT2D eigenvalue weighted by atomic mass is 15.1. The lowest BCUT2D eigenvalue weighted by molar-refractivity contribution is 0.827. The highest BCUT2D eigenvalue weighted by molar-refractivity contribution is 6.15. The van der Waals surface area contributed by atoms with E-state index in [0.29, 0.717) is 0 Å². The number of fused-ring (bicyclic) bond motifs is 3. The number of para-hydroxylation sites is 2. The van der Waals surface area contributed by atoms with Gasteiger partial charge in [0, 0.05) is 45.3 Å².